The number of rotatable bonds is 5. The van der Waals surface area contributed by atoms with E-state index in [1.807, 2.05) is 0 Å². The van der Waals surface area contributed by atoms with Crippen molar-refractivity contribution in [2.75, 3.05) is 65.7 Å². The fourth-order valence-electron chi connectivity index (χ4n) is 2.14. The molecule has 0 aromatic heterocycles. The van der Waals surface area contributed by atoms with Crippen LogP contribution in [-0.4, -0.2) is 75.5 Å². The lowest BCUT2D eigenvalue weighted by Gasteiger charge is -2.25. The second kappa shape index (κ2) is 8.43. The number of hydrogen-bond donors (Lipinski definition) is 0. The molecule has 2 aliphatic heterocycles. The summed E-state index contributed by atoms with van der Waals surface area (Å²) < 4.78 is 10.6. The number of allylic oxidation sites excluding steroid dienone is 2. The molecule has 0 aromatic rings. The molecule has 4 nitrogen and oxygen atoms in total. The summed E-state index contributed by atoms with van der Waals surface area (Å²) in [6.45, 7) is 9.80. The quantitative estimate of drug-likeness (QED) is 0.675. The van der Waals surface area contributed by atoms with Crippen molar-refractivity contribution >= 4 is 0 Å². The smallest absolute Gasteiger partial charge is 0.0594 e. The molecule has 2 fully saturated rings. The van der Waals surface area contributed by atoms with E-state index in [1.165, 1.54) is 0 Å². The summed E-state index contributed by atoms with van der Waals surface area (Å²) in [4.78, 5) is 4.83. The maximum Gasteiger partial charge on any atom is 0.0594 e. The monoisotopic (exact) mass is 252 g/mol. The molecule has 18 heavy (non-hydrogen) atoms. The molecule has 0 unspecified atom stereocenters. The molecule has 0 bridgehead atoms. The zero-order valence-electron chi connectivity index (χ0n) is 11.1. The van der Waals surface area contributed by atoms with Crippen molar-refractivity contribution in [2.24, 2.45) is 0 Å². The Morgan fingerprint density at radius 1 is 0.667 bits per heavy atom. The summed E-state index contributed by atoms with van der Waals surface area (Å²) in [5, 5.41) is 0. The van der Waals surface area contributed by atoms with Crippen molar-refractivity contribution in [3.8, 4) is 0 Å². The Balaban J connectivity index is 1.55. The number of nitrogens with zero attached hydrogens (tertiary/aromatic N) is 2. The van der Waals surface area contributed by atoms with E-state index in [0.717, 1.165) is 65.7 Å². The highest BCUT2D eigenvalue weighted by Gasteiger charge is 2.08. The summed E-state index contributed by atoms with van der Waals surface area (Å²) in [7, 11) is 0. The lowest BCUT2D eigenvalue weighted by atomic mass is 10.3. The number of ether oxygens (including phenoxy) is 2. The molecular weight excluding hydrogens is 228 g/mol. The Kier molecular flexibility index (Phi) is 6.43. The first kappa shape index (κ1) is 13.7. The van der Waals surface area contributed by atoms with Crippen LogP contribution in [0.4, 0.5) is 0 Å². The molecule has 2 saturated heterocycles. The molecule has 0 radical (unpaired) electrons. The first-order valence-corrected chi connectivity index (χ1v) is 6.87. The van der Waals surface area contributed by atoms with Crippen LogP contribution >= 0.6 is 0 Å². The molecule has 0 amide bonds. The van der Waals surface area contributed by atoms with Crippen molar-refractivity contribution in [2.45, 2.75) is 0 Å². The Morgan fingerprint density at radius 3 is 1.44 bits per heavy atom. The van der Waals surface area contributed by atoms with Gasteiger partial charge in [-0.1, -0.05) is 24.3 Å². The summed E-state index contributed by atoms with van der Waals surface area (Å²) in [6.07, 6.45) is 8.74. The normalized spacial score (nSPS) is 24.2. The molecule has 102 valence electrons. The average molecular weight is 252 g/mol. The van der Waals surface area contributed by atoms with E-state index in [4.69, 9.17) is 9.47 Å². The van der Waals surface area contributed by atoms with Crippen molar-refractivity contribution in [3.05, 3.63) is 24.3 Å². The van der Waals surface area contributed by atoms with Gasteiger partial charge in [0.25, 0.3) is 0 Å². The van der Waals surface area contributed by atoms with Crippen LogP contribution in [0.3, 0.4) is 0 Å². The van der Waals surface area contributed by atoms with Gasteiger partial charge >= 0.3 is 0 Å². The Labute approximate surface area is 110 Å². The number of morpholine rings is 2. The predicted molar refractivity (Wildman–Crippen MR) is 72.8 cm³/mol. The standard InChI is InChI=1S/C14H24N2O2/c1(3-5-15-7-11-17-12-8-15)2-4-6-16-9-13-18-14-10-16/h1-4H,5-14H2/b3-1+,4-2+. The Bertz CT molecular complexity index is 239. The molecule has 0 saturated carbocycles. The minimum absolute atomic E-state index is 0.876. The minimum Gasteiger partial charge on any atom is -0.379 e. The molecule has 2 aliphatic rings. The average Bonchev–Trinajstić information content (AvgIpc) is 2.45. The van der Waals surface area contributed by atoms with Gasteiger partial charge in [-0.05, 0) is 0 Å². The van der Waals surface area contributed by atoms with Gasteiger partial charge < -0.3 is 9.47 Å². The van der Waals surface area contributed by atoms with Crippen LogP contribution in [0.2, 0.25) is 0 Å². The van der Waals surface area contributed by atoms with Crippen molar-refractivity contribution in [1.29, 1.82) is 0 Å². The molecule has 0 atom stereocenters. The largest absolute Gasteiger partial charge is 0.379 e. The highest BCUT2D eigenvalue weighted by Crippen LogP contribution is 1.97. The first-order chi connectivity index (χ1) is 8.95. The maximum absolute atomic E-state index is 5.32. The summed E-state index contributed by atoms with van der Waals surface area (Å²) >= 11 is 0. The van der Waals surface area contributed by atoms with Crippen molar-refractivity contribution in [1.82, 2.24) is 9.80 Å². The van der Waals surface area contributed by atoms with Gasteiger partial charge in [-0.15, -0.1) is 0 Å². The summed E-state index contributed by atoms with van der Waals surface area (Å²) in [5.41, 5.74) is 0. The molecule has 0 spiro atoms. The highest BCUT2D eigenvalue weighted by molar-refractivity contribution is 5.04. The lowest BCUT2D eigenvalue weighted by molar-refractivity contribution is 0.0432. The van der Waals surface area contributed by atoms with Gasteiger partial charge in [0, 0.05) is 39.3 Å². The van der Waals surface area contributed by atoms with Crippen LogP contribution in [0.5, 0.6) is 0 Å². The predicted octanol–water partition coefficient (Wildman–Crippen LogP) is 0.763. The fraction of sp³-hybridized carbons (Fsp3) is 0.714. The van der Waals surface area contributed by atoms with Crippen LogP contribution in [0.15, 0.2) is 24.3 Å². The first-order valence-electron chi connectivity index (χ1n) is 6.87. The SMILES string of the molecule is C(/C=C/CN1CCOCC1)=C\CN1CCOCC1. The van der Waals surface area contributed by atoms with Gasteiger partial charge in [-0.25, -0.2) is 0 Å². The van der Waals surface area contributed by atoms with Crippen LogP contribution < -0.4 is 0 Å². The zero-order valence-corrected chi connectivity index (χ0v) is 11.1. The topological polar surface area (TPSA) is 24.9 Å². The lowest BCUT2D eigenvalue weighted by Crippen LogP contribution is -2.36. The van der Waals surface area contributed by atoms with E-state index in [9.17, 15) is 0 Å². The van der Waals surface area contributed by atoms with Crippen LogP contribution in [-0.2, 0) is 9.47 Å². The molecule has 2 rings (SSSR count). The maximum atomic E-state index is 5.32. The van der Waals surface area contributed by atoms with Crippen LogP contribution in [0.1, 0.15) is 0 Å². The highest BCUT2D eigenvalue weighted by atomic mass is 16.5. The molecule has 2 heterocycles. The molecule has 0 aromatic carbocycles. The van der Waals surface area contributed by atoms with E-state index in [-0.39, 0.29) is 0 Å². The fourth-order valence-corrected chi connectivity index (χ4v) is 2.14. The van der Waals surface area contributed by atoms with Gasteiger partial charge in [0.1, 0.15) is 0 Å². The zero-order chi connectivity index (χ0) is 12.5. The third-order valence-corrected chi connectivity index (χ3v) is 3.32. The Hall–Kier alpha value is -0.680. The van der Waals surface area contributed by atoms with Crippen molar-refractivity contribution < 1.29 is 9.47 Å². The third kappa shape index (κ3) is 5.31. The van der Waals surface area contributed by atoms with Crippen molar-refractivity contribution in [3.63, 3.8) is 0 Å². The van der Waals surface area contributed by atoms with Crippen LogP contribution in [0.25, 0.3) is 0 Å². The van der Waals surface area contributed by atoms with Gasteiger partial charge in [-0.3, -0.25) is 9.80 Å². The van der Waals surface area contributed by atoms with E-state index >= 15 is 0 Å². The van der Waals surface area contributed by atoms with E-state index in [2.05, 4.69) is 34.1 Å². The molecule has 0 N–H and O–H groups in total. The van der Waals surface area contributed by atoms with Gasteiger partial charge in [0.2, 0.25) is 0 Å². The third-order valence-electron chi connectivity index (χ3n) is 3.32. The summed E-state index contributed by atoms with van der Waals surface area (Å²) in [6, 6.07) is 0. The molecular formula is C14H24N2O2. The van der Waals surface area contributed by atoms with Gasteiger partial charge in [-0.2, -0.15) is 0 Å². The summed E-state index contributed by atoms with van der Waals surface area (Å²) in [5.74, 6) is 0. The molecule has 0 aliphatic carbocycles. The minimum atomic E-state index is 0.876. The molecule has 4 heteroatoms. The van der Waals surface area contributed by atoms with Gasteiger partial charge in [0.15, 0.2) is 0 Å². The van der Waals surface area contributed by atoms with E-state index < -0.39 is 0 Å². The Morgan fingerprint density at radius 2 is 1.06 bits per heavy atom. The second-order valence-corrected chi connectivity index (χ2v) is 4.68. The van der Waals surface area contributed by atoms with Crippen LogP contribution in [0, 0.1) is 0 Å². The van der Waals surface area contributed by atoms with E-state index in [0.29, 0.717) is 0 Å². The van der Waals surface area contributed by atoms with E-state index in [1.54, 1.807) is 0 Å². The second-order valence-electron chi connectivity index (χ2n) is 4.68. The number of hydrogen-bond acceptors (Lipinski definition) is 4. The van der Waals surface area contributed by atoms with Gasteiger partial charge in [0.05, 0.1) is 26.4 Å².